The Bertz CT molecular complexity index is 216. The van der Waals surface area contributed by atoms with Crippen molar-refractivity contribution in [1.82, 2.24) is 10.6 Å². The Kier molecular flexibility index (Phi) is 3.42. The third-order valence-electron chi connectivity index (χ3n) is 2.27. The number of amides is 1. The molecule has 4 heteroatoms. The minimum atomic E-state index is -0.333. The molecule has 0 aliphatic carbocycles. The summed E-state index contributed by atoms with van der Waals surface area (Å²) >= 11 is 0. The van der Waals surface area contributed by atoms with Gasteiger partial charge < -0.3 is 10.6 Å². The number of carbonyl (C=O) groups is 2. The lowest BCUT2D eigenvalue weighted by Gasteiger charge is -2.28. The number of hydrogen-bond acceptors (Lipinski definition) is 3. The first-order valence-corrected chi connectivity index (χ1v) is 4.69. The van der Waals surface area contributed by atoms with Crippen molar-refractivity contribution >= 4 is 11.7 Å². The van der Waals surface area contributed by atoms with E-state index in [-0.39, 0.29) is 23.8 Å². The monoisotopic (exact) mass is 184 g/mol. The van der Waals surface area contributed by atoms with Crippen LogP contribution in [-0.2, 0) is 9.59 Å². The molecule has 13 heavy (non-hydrogen) atoms. The van der Waals surface area contributed by atoms with Crippen LogP contribution in [-0.4, -0.2) is 30.3 Å². The van der Waals surface area contributed by atoms with Gasteiger partial charge in [-0.25, -0.2) is 0 Å². The lowest BCUT2D eigenvalue weighted by Crippen LogP contribution is -2.60. The third kappa shape index (κ3) is 2.52. The van der Waals surface area contributed by atoms with Crippen LogP contribution in [0.4, 0.5) is 0 Å². The van der Waals surface area contributed by atoms with E-state index in [1.54, 1.807) is 0 Å². The second kappa shape index (κ2) is 4.37. The van der Waals surface area contributed by atoms with Crippen molar-refractivity contribution < 1.29 is 9.59 Å². The zero-order valence-electron chi connectivity index (χ0n) is 8.09. The van der Waals surface area contributed by atoms with Gasteiger partial charge >= 0.3 is 0 Å². The molecule has 0 aromatic carbocycles. The van der Waals surface area contributed by atoms with Crippen LogP contribution in [0.25, 0.3) is 0 Å². The predicted octanol–water partition coefficient (Wildman–Crippen LogP) is -0.168. The first kappa shape index (κ1) is 10.2. The molecular weight excluding hydrogens is 168 g/mol. The van der Waals surface area contributed by atoms with Crippen LogP contribution in [0.1, 0.15) is 26.7 Å². The molecule has 1 saturated heterocycles. The maximum absolute atomic E-state index is 11.4. The van der Waals surface area contributed by atoms with Gasteiger partial charge in [-0.2, -0.15) is 0 Å². The smallest absolute Gasteiger partial charge is 0.237 e. The van der Waals surface area contributed by atoms with Gasteiger partial charge in [0.05, 0.1) is 12.1 Å². The van der Waals surface area contributed by atoms with E-state index in [4.69, 9.17) is 0 Å². The topological polar surface area (TPSA) is 58.2 Å². The summed E-state index contributed by atoms with van der Waals surface area (Å²) in [6.07, 6.45) is 1.80. The zero-order valence-corrected chi connectivity index (χ0v) is 8.09. The summed E-state index contributed by atoms with van der Waals surface area (Å²) in [5.41, 5.74) is 0. The molecule has 0 aromatic heterocycles. The molecule has 2 N–H and O–H groups in total. The Balaban J connectivity index is 2.46. The molecule has 0 bridgehead atoms. The molecule has 1 fully saturated rings. The van der Waals surface area contributed by atoms with Gasteiger partial charge in [-0.1, -0.05) is 13.3 Å². The number of rotatable bonds is 3. The van der Waals surface area contributed by atoms with E-state index in [1.165, 1.54) is 6.92 Å². The van der Waals surface area contributed by atoms with Gasteiger partial charge in [0.1, 0.15) is 0 Å². The maximum atomic E-state index is 11.4. The molecule has 0 aromatic rings. The Morgan fingerprint density at radius 1 is 1.62 bits per heavy atom. The van der Waals surface area contributed by atoms with Gasteiger partial charge in [0.25, 0.3) is 0 Å². The Hall–Kier alpha value is -0.900. The minimum absolute atomic E-state index is 0.01000. The molecule has 4 nitrogen and oxygen atoms in total. The Morgan fingerprint density at radius 3 is 2.77 bits per heavy atom. The average Bonchev–Trinajstić information content (AvgIpc) is 2.08. The largest absolute Gasteiger partial charge is 0.344 e. The number of ketones is 1. The van der Waals surface area contributed by atoms with E-state index >= 15 is 0 Å². The van der Waals surface area contributed by atoms with Crippen LogP contribution in [0.5, 0.6) is 0 Å². The fourth-order valence-electron chi connectivity index (χ4n) is 1.44. The zero-order chi connectivity index (χ0) is 9.84. The van der Waals surface area contributed by atoms with Gasteiger partial charge in [0.15, 0.2) is 5.78 Å². The molecule has 74 valence electrons. The van der Waals surface area contributed by atoms with Crippen LogP contribution in [0.3, 0.4) is 0 Å². The van der Waals surface area contributed by atoms with Crippen molar-refractivity contribution in [3.05, 3.63) is 0 Å². The molecule has 0 saturated carbocycles. The van der Waals surface area contributed by atoms with Crippen LogP contribution >= 0.6 is 0 Å². The Morgan fingerprint density at radius 2 is 2.31 bits per heavy atom. The SMILES string of the molecule is CCCC1NCC(C(C)=O)NC1=O. The summed E-state index contributed by atoms with van der Waals surface area (Å²) in [5.74, 6) is -0.0379. The summed E-state index contributed by atoms with van der Waals surface area (Å²) < 4.78 is 0. The summed E-state index contributed by atoms with van der Waals surface area (Å²) in [5, 5.41) is 5.77. The summed E-state index contributed by atoms with van der Waals surface area (Å²) in [6, 6.07) is -0.443. The van der Waals surface area contributed by atoms with Gasteiger partial charge in [-0.05, 0) is 13.3 Å². The minimum Gasteiger partial charge on any atom is -0.344 e. The van der Waals surface area contributed by atoms with Gasteiger partial charge in [0, 0.05) is 6.54 Å². The summed E-state index contributed by atoms with van der Waals surface area (Å²) in [6.45, 7) is 4.09. The normalized spacial score (nSPS) is 28.3. The number of carbonyl (C=O) groups excluding carboxylic acids is 2. The number of piperazine rings is 1. The molecule has 1 heterocycles. The first-order chi connectivity index (χ1) is 6.15. The standard InChI is InChI=1S/C9H16N2O2/c1-3-4-7-9(13)11-8(5-10-7)6(2)12/h7-8,10H,3-5H2,1-2H3,(H,11,13). The highest BCUT2D eigenvalue weighted by atomic mass is 16.2. The fraction of sp³-hybridized carbons (Fsp3) is 0.778. The van der Waals surface area contributed by atoms with Crippen molar-refractivity contribution in [2.45, 2.75) is 38.8 Å². The van der Waals surface area contributed by atoms with Crippen LogP contribution < -0.4 is 10.6 Å². The highest BCUT2D eigenvalue weighted by molar-refractivity contribution is 5.91. The highest BCUT2D eigenvalue weighted by Gasteiger charge is 2.28. The van der Waals surface area contributed by atoms with Gasteiger partial charge in [0.2, 0.25) is 5.91 Å². The van der Waals surface area contributed by atoms with Crippen molar-refractivity contribution in [1.29, 1.82) is 0 Å². The second-order valence-electron chi connectivity index (χ2n) is 3.42. The van der Waals surface area contributed by atoms with Crippen molar-refractivity contribution in [2.75, 3.05) is 6.54 Å². The van der Waals surface area contributed by atoms with Crippen molar-refractivity contribution in [3.8, 4) is 0 Å². The van der Waals surface area contributed by atoms with E-state index in [2.05, 4.69) is 10.6 Å². The van der Waals surface area contributed by atoms with Crippen LogP contribution in [0.2, 0.25) is 0 Å². The fourth-order valence-corrected chi connectivity index (χ4v) is 1.44. The van der Waals surface area contributed by atoms with E-state index < -0.39 is 0 Å². The second-order valence-corrected chi connectivity index (χ2v) is 3.42. The summed E-state index contributed by atoms with van der Waals surface area (Å²) in [7, 11) is 0. The molecule has 1 amide bonds. The maximum Gasteiger partial charge on any atom is 0.237 e. The molecule has 1 aliphatic heterocycles. The van der Waals surface area contributed by atoms with Crippen LogP contribution in [0, 0.1) is 0 Å². The third-order valence-corrected chi connectivity index (χ3v) is 2.27. The van der Waals surface area contributed by atoms with Crippen molar-refractivity contribution in [2.24, 2.45) is 0 Å². The van der Waals surface area contributed by atoms with E-state index in [1.807, 2.05) is 6.92 Å². The Labute approximate surface area is 78.1 Å². The quantitative estimate of drug-likeness (QED) is 0.640. The van der Waals surface area contributed by atoms with Gasteiger partial charge in [-0.3, -0.25) is 9.59 Å². The first-order valence-electron chi connectivity index (χ1n) is 4.69. The summed E-state index contributed by atoms with van der Waals surface area (Å²) in [4.78, 5) is 22.3. The molecule has 0 radical (unpaired) electrons. The van der Waals surface area contributed by atoms with E-state index in [0.29, 0.717) is 6.54 Å². The van der Waals surface area contributed by atoms with E-state index in [0.717, 1.165) is 12.8 Å². The molecule has 2 unspecified atom stereocenters. The molecule has 2 atom stereocenters. The molecule has 1 rings (SSSR count). The lowest BCUT2D eigenvalue weighted by molar-refractivity contribution is -0.130. The average molecular weight is 184 g/mol. The number of hydrogen-bond donors (Lipinski definition) is 2. The van der Waals surface area contributed by atoms with Crippen LogP contribution in [0.15, 0.2) is 0 Å². The lowest BCUT2D eigenvalue weighted by atomic mass is 10.1. The van der Waals surface area contributed by atoms with Crippen molar-refractivity contribution in [3.63, 3.8) is 0 Å². The molecular formula is C9H16N2O2. The molecule has 1 aliphatic rings. The van der Waals surface area contributed by atoms with Gasteiger partial charge in [-0.15, -0.1) is 0 Å². The highest BCUT2D eigenvalue weighted by Crippen LogP contribution is 2.02. The molecule has 0 spiro atoms. The predicted molar refractivity (Wildman–Crippen MR) is 49.3 cm³/mol. The number of nitrogens with one attached hydrogen (secondary N) is 2. The van der Waals surface area contributed by atoms with E-state index in [9.17, 15) is 9.59 Å². The number of Topliss-reactive ketones (excluding diaryl/α,β-unsaturated/α-hetero) is 1.